The zero-order valence-corrected chi connectivity index (χ0v) is 6.48. The Balaban J connectivity index is 3.83. The van der Waals surface area contributed by atoms with Crippen molar-refractivity contribution in [3.05, 3.63) is 0 Å². The van der Waals surface area contributed by atoms with E-state index in [-0.39, 0.29) is 11.8 Å². The van der Waals surface area contributed by atoms with Crippen molar-refractivity contribution in [1.82, 2.24) is 0 Å². The lowest BCUT2D eigenvalue weighted by molar-refractivity contribution is -0.118. The van der Waals surface area contributed by atoms with Gasteiger partial charge in [0.25, 0.3) is 0 Å². The number of amides is 1. The first-order valence-corrected chi connectivity index (χ1v) is 3.41. The SMILES string of the molecule is CCC(CC(N)=O)C(C)=N. The third-order valence-corrected chi connectivity index (χ3v) is 1.55. The van der Waals surface area contributed by atoms with Gasteiger partial charge in [0.15, 0.2) is 0 Å². The van der Waals surface area contributed by atoms with Crippen LogP contribution in [0.4, 0.5) is 0 Å². The van der Waals surface area contributed by atoms with Gasteiger partial charge in [-0.15, -0.1) is 0 Å². The van der Waals surface area contributed by atoms with Crippen LogP contribution in [-0.2, 0) is 4.79 Å². The number of hydrogen-bond acceptors (Lipinski definition) is 2. The second-order valence-corrected chi connectivity index (χ2v) is 2.46. The number of hydrogen-bond donors (Lipinski definition) is 2. The van der Waals surface area contributed by atoms with Gasteiger partial charge in [-0.3, -0.25) is 4.79 Å². The van der Waals surface area contributed by atoms with E-state index >= 15 is 0 Å². The average Bonchev–Trinajstić information content (AvgIpc) is 1.81. The monoisotopic (exact) mass is 142 g/mol. The molecule has 0 saturated heterocycles. The van der Waals surface area contributed by atoms with E-state index in [1.54, 1.807) is 6.92 Å². The summed E-state index contributed by atoms with van der Waals surface area (Å²) in [5.74, 6) is -0.268. The highest BCUT2D eigenvalue weighted by Crippen LogP contribution is 2.08. The van der Waals surface area contributed by atoms with Crippen molar-refractivity contribution in [3.8, 4) is 0 Å². The number of nitrogens with two attached hydrogens (primary N) is 1. The molecule has 0 radical (unpaired) electrons. The van der Waals surface area contributed by atoms with Crippen LogP contribution in [0.1, 0.15) is 26.7 Å². The maximum Gasteiger partial charge on any atom is 0.218 e. The molecule has 1 unspecified atom stereocenters. The Bertz CT molecular complexity index is 143. The second-order valence-electron chi connectivity index (χ2n) is 2.46. The molecular formula is C7H14N2O. The van der Waals surface area contributed by atoms with E-state index in [1.807, 2.05) is 6.92 Å². The molecule has 58 valence electrons. The normalized spacial score (nSPS) is 12.6. The van der Waals surface area contributed by atoms with Crippen molar-refractivity contribution in [2.45, 2.75) is 26.7 Å². The van der Waals surface area contributed by atoms with Crippen molar-refractivity contribution in [1.29, 1.82) is 5.41 Å². The first-order chi connectivity index (χ1) is 4.57. The quantitative estimate of drug-likeness (QED) is 0.563. The van der Waals surface area contributed by atoms with Crippen molar-refractivity contribution < 1.29 is 4.79 Å². The van der Waals surface area contributed by atoms with Crippen molar-refractivity contribution in [2.24, 2.45) is 11.7 Å². The van der Waals surface area contributed by atoms with Crippen molar-refractivity contribution >= 4 is 11.6 Å². The fourth-order valence-corrected chi connectivity index (χ4v) is 0.846. The minimum Gasteiger partial charge on any atom is -0.370 e. The predicted octanol–water partition coefficient (Wildman–Crippen LogP) is 0.928. The van der Waals surface area contributed by atoms with Gasteiger partial charge >= 0.3 is 0 Å². The largest absolute Gasteiger partial charge is 0.370 e. The number of rotatable bonds is 4. The topological polar surface area (TPSA) is 66.9 Å². The number of primary amides is 1. The van der Waals surface area contributed by atoms with E-state index in [2.05, 4.69) is 0 Å². The average molecular weight is 142 g/mol. The summed E-state index contributed by atoms with van der Waals surface area (Å²) in [6, 6.07) is 0. The van der Waals surface area contributed by atoms with Crippen LogP contribution >= 0.6 is 0 Å². The lowest BCUT2D eigenvalue weighted by Crippen LogP contribution is -2.20. The molecule has 0 rings (SSSR count). The molecule has 0 aromatic carbocycles. The van der Waals surface area contributed by atoms with Gasteiger partial charge in [-0.05, 0) is 13.3 Å². The molecule has 10 heavy (non-hydrogen) atoms. The Kier molecular flexibility index (Phi) is 3.69. The molecule has 0 aliphatic carbocycles. The molecule has 0 aliphatic rings. The summed E-state index contributed by atoms with van der Waals surface area (Å²) >= 11 is 0. The first kappa shape index (κ1) is 9.14. The highest BCUT2D eigenvalue weighted by Gasteiger charge is 2.10. The smallest absolute Gasteiger partial charge is 0.218 e. The molecule has 1 atom stereocenters. The standard InChI is InChI=1S/C7H14N2O/c1-3-6(5(2)8)4-7(9)10/h6,8H,3-4H2,1-2H3,(H2,9,10). The maximum atomic E-state index is 10.4. The van der Waals surface area contributed by atoms with Gasteiger partial charge in [-0.25, -0.2) is 0 Å². The van der Waals surface area contributed by atoms with Crippen LogP contribution in [-0.4, -0.2) is 11.6 Å². The van der Waals surface area contributed by atoms with Crippen LogP contribution in [0, 0.1) is 11.3 Å². The predicted molar refractivity (Wildman–Crippen MR) is 41.0 cm³/mol. The molecular weight excluding hydrogens is 128 g/mol. The van der Waals surface area contributed by atoms with Crippen LogP contribution in [0.5, 0.6) is 0 Å². The Labute approximate surface area is 61.1 Å². The summed E-state index contributed by atoms with van der Waals surface area (Å²) in [4.78, 5) is 10.4. The highest BCUT2D eigenvalue weighted by molar-refractivity contribution is 5.86. The van der Waals surface area contributed by atoms with Crippen LogP contribution < -0.4 is 5.73 Å². The zero-order valence-electron chi connectivity index (χ0n) is 6.48. The Morgan fingerprint density at radius 3 is 2.30 bits per heavy atom. The molecule has 3 N–H and O–H groups in total. The third kappa shape index (κ3) is 3.22. The van der Waals surface area contributed by atoms with Crippen LogP contribution in [0.25, 0.3) is 0 Å². The zero-order chi connectivity index (χ0) is 8.15. The lowest BCUT2D eigenvalue weighted by Gasteiger charge is -2.09. The molecule has 0 saturated carbocycles. The molecule has 0 aromatic rings. The maximum absolute atomic E-state index is 10.4. The minimum absolute atomic E-state index is 0.0532. The second kappa shape index (κ2) is 4.04. The fourth-order valence-electron chi connectivity index (χ4n) is 0.846. The number of nitrogens with one attached hydrogen (secondary N) is 1. The van der Waals surface area contributed by atoms with Gasteiger partial charge in [-0.1, -0.05) is 6.92 Å². The van der Waals surface area contributed by atoms with Gasteiger partial charge in [0.05, 0.1) is 0 Å². The van der Waals surface area contributed by atoms with E-state index in [0.717, 1.165) is 6.42 Å². The van der Waals surface area contributed by atoms with Crippen molar-refractivity contribution in [3.63, 3.8) is 0 Å². The van der Waals surface area contributed by atoms with Crippen LogP contribution in [0.15, 0.2) is 0 Å². The number of carbonyl (C=O) groups is 1. The van der Waals surface area contributed by atoms with Gasteiger partial charge in [0.2, 0.25) is 5.91 Å². The van der Waals surface area contributed by atoms with Gasteiger partial charge in [0, 0.05) is 18.1 Å². The molecule has 0 bridgehead atoms. The van der Waals surface area contributed by atoms with Gasteiger partial charge in [0.1, 0.15) is 0 Å². The van der Waals surface area contributed by atoms with E-state index < -0.39 is 0 Å². The molecule has 3 heteroatoms. The minimum atomic E-state index is -0.321. The van der Waals surface area contributed by atoms with E-state index in [0.29, 0.717) is 12.1 Å². The molecule has 0 aromatic heterocycles. The molecule has 0 heterocycles. The summed E-state index contributed by atoms with van der Waals surface area (Å²) in [7, 11) is 0. The number of carbonyl (C=O) groups excluding carboxylic acids is 1. The lowest BCUT2D eigenvalue weighted by atomic mass is 9.97. The molecule has 0 aliphatic heterocycles. The summed E-state index contributed by atoms with van der Waals surface area (Å²) < 4.78 is 0. The first-order valence-electron chi connectivity index (χ1n) is 3.41. The van der Waals surface area contributed by atoms with E-state index in [1.165, 1.54) is 0 Å². The molecule has 0 spiro atoms. The summed E-state index contributed by atoms with van der Waals surface area (Å²) in [6.07, 6.45) is 1.13. The third-order valence-electron chi connectivity index (χ3n) is 1.55. The summed E-state index contributed by atoms with van der Waals surface area (Å²) in [5.41, 5.74) is 5.51. The Hall–Kier alpha value is -0.860. The summed E-state index contributed by atoms with van der Waals surface area (Å²) in [6.45, 7) is 3.66. The Morgan fingerprint density at radius 1 is 1.70 bits per heavy atom. The molecule has 3 nitrogen and oxygen atoms in total. The van der Waals surface area contributed by atoms with E-state index in [9.17, 15) is 4.79 Å². The fraction of sp³-hybridized carbons (Fsp3) is 0.714. The molecule has 0 fully saturated rings. The van der Waals surface area contributed by atoms with E-state index in [4.69, 9.17) is 11.1 Å². The van der Waals surface area contributed by atoms with Gasteiger partial charge in [-0.2, -0.15) is 0 Å². The van der Waals surface area contributed by atoms with Crippen molar-refractivity contribution in [2.75, 3.05) is 0 Å². The van der Waals surface area contributed by atoms with Crippen LogP contribution in [0.2, 0.25) is 0 Å². The van der Waals surface area contributed by atoms with Gasteiger partial charge < -0.3 is 11.1 Å². The molecule has 1 amide bonds. The summed E-state index contributed by atoms with van der Waals surface area (Å²) in [5, 5.41) is 7.24. The highest BCUT2D eigenvalue weighted by atomic mass is 16.1. The Morgan fingerprint density at radius 2 is 2.20 bits per heavy atom. The van der Waals surface area contributed by atoms with Crippen LogP contribution in [0.3, 0.4) is 0 Å².